The standard InChI is InChI=1S/C32H31N3O4S/c36-30(18-23-10-4-1-5-11-23)35(20-29-34-26(21-40-29)24-12-6-2-7-13-24)32(16-8-3-9-17-32)31(37)33-25-14-15-27-28(19-25)39-22-38-27/h1-2,4-7,10-15,19,21H,3,8-9,16-18,20,22H2,(H,33,37). The van der Waals surface area contributed by atoms with Crippen LogP contribution in [0.25, 0.3) is 11.3 Å². The van der Waals surface area contributed by atoms with E-state index < -0.39 is 5.54 Å². The number of carbonyl (C=O) groups is 2. The van der Waals surface area contributed by atoms with Crippen LogP contribution in [0.15, 0.2) is 84.2 Å². The molecule has 7 nitrogen and oxygen atoms in total. The third kappa shape index (κ3) is 5.45. The minimum absolute atomic E-state index is 0.0783. The summed E-state index contributed by atoms with van der Waals surface area (Å²) in [5.41, 5.74) is 2.46. The van der Waals surface area contributed by atoms with E-state index in [4.69, 9.17) is 14.5 Å². The minimum atomic E-state index is -0.987. The molecule has 3 aromatic carbocycles. The van der Waals surface area contributed by atoms with Crippen molar-refractivity contribution < 1.29 is 19.1 Å². The molecular weight excluding hydrogens is 522 g/mol. The molecule has 2 amide bonds. The first-order valence-electron chi connectivity index (χ1n) is 13.7. The first-order chi connectivity index (χ1) is 19.6. The SMILES string of the molecule is O=C(Cc1ccccc1)N(Cc1nc(-c2ccccc2)cs1)C1(C(=O)Nc2ccc3c(c2)OCO3)CCCCC1. The largest absolute Gasteiger partial charge is 0.454 e. The predicted molar refractivity (Wildman–Crippen MR) is 155 cm³/mol. The number of carbonyl (C=O) groups excluding carboxylic acids is 2. The van der Waals surface area contributed by atoms with Gasteiger partial charge in [-0.15, -0.1) is 11.3 Å². The highest BCUT2D eigenvalue weighted by Gasteiger charge is 2.47. The lowest BCUT2D eigenvalue weighted by molar-refractivity contribution is -0.148. The molecule has 1 aromatic heterocycles. The maximum absolute atomic E-state index is 14.2. The Morgan fingerprint density at radius 1 is 0.900 bits per heavy atom. The van der Waals surface area contributed by atoms with Gasteiger partial charge in [-0.3, -0.25) is 9.59 Å². The monoisotopic (exact) mass is 553 g/mol. The van der Waals surface area contributed by atoms with E-state index in [-0.39, 0.29) is 31.6 Å². The quantitative estimate of drug-likeness (QED) is 0.271. The van der Waals surface area contributed by atoms with Gasteiger partial charge in [-0.05, 0) is 30.5 Å². The number of nitrogens with zero attached hydrogens (tertiary/aromatic N) is 2. The van der Waals surface area contributed by atoms with Crippen molar-refractivity contribution in [2.24, 2.45) is 0 Å². The molecule has 40 heavy (non-hydrogen) atoms. The van der Waals surface area contributed by atoms with E-state index in [0.717, 1.165) is 41.1 Å². The third-order valence-electron chi connectivity index (χ3n) is 7.66. The highest BCUT2D eigenvalue weighted by Crippen LogP contribution is 2.39. The molecule has 8 heteroatoms. The van der Waals surface area contributed by atoms with Crippen LogP contribution in [0.1, 0.15) is 42.7 Å². The van der Waals surface area contributed by atoms with Crippen molar-refractivity contribution in [3.8, 4) is 22.8 Å². The second-order valence-electron chi connectivity index (χ2n) is 10.2. The normalized spacial score (nSPS) is 15.4. The van der Waals surface area contributed by atoms with Crippen LogP contribution in [0, 0.1) is 0 Å². The fraction of sp³-hybridized carbons (Fsp3) is 0.281. The summed E-state index contributed by atoms with van der Waals surface area (Å²) in [6.45, 7) is 0.439. The fourth-order valence-electron chi connectivity index (χ4n) is 5.58. The van der Waals surface area contributed by atoms with E-state index in [1.54, 1.807) is 17.0 Å². The predicted octanol–water partition coefficient (Wildman–Crippen LogP) is 6.45. The van der Waals surface area contributed by atoms with Crippen molar-refractivity contribution in [1.82, 2.24) is 9.88 Å². The van der Waals surface area contributed by atoms with Crippen molar-refractivity contribution in [2.45, 2.75) is 50.6 Å². The van der Waals surface area contributed by atoms with E-state index in [0.29, 0.717) is 30.0 Å². The zero-order chi connectivity index (χ0) is 27.4. The lowest BCUT2D eigenvalue weighted by atomic mass is 9.78. The summed E-state index contributed by atoms with van der Waals surface area (Å²) in [4.78, 5) is 35.0. The highest BCUT2D eigenvalue weighted by molar-refractivity contribution is 7.09. The van der Waals surface area contributed by atoms with Gasteiger partial charge < -0.3 is 19.7 Å². The fourth-order valence-corrected chi connectivity index (χ4v) is 6.37. The number of thiazole rings is 1. The average Bonchev–Trinajstić information content (AvgIpc) is 3.67. The van der Waals surface area contributed by atoms with E-state index in [2.05, 4.69) is 5.32 Å². The number of benzene rings is 3. The van der Waals surface area contributed by atoms with Gasteiger partial charge in [-0.2, -0.15) is 0 Å². The Bertz CT molecular complexity index is 1480. The lowest BCUT2D eigenvalue weighted by Gasteiger charge is -2.45. The molecule has 1 N–H and O–H groups in total. The van der Waals surface area contributed by atoms with E-state index in [9.17, 15) is 9.59 Å². The van der Waals surface area contributed by atoms with Crippen LogP contribution in [0.3, 0.4) is 0 Å². The second-order valence-corrected chi connectivity index (χ2v) is 11.2. The summed E-state index contributed by atoms with van der Waals surface area (Å²) < 4.78 is 10.9. The summed E-state index contributed by atoms with van der Waals surface area (Å²) in [5, 5.41) is 5.94. The highest BCUT2D eigenvalue weighted by atomic mass is 32.1. The van der Waals surface area contributed by atoms with Gasteiger partial charge in [-0.25, -0.2) is 4.98 Å². The summed E-state index contributed by atoms with van der Waals surface area (Å²) in [7, 11) is 0. The number of anilines is 1. The number of amides is 2. The first-order valence-corrected chi connectivity index (χ1v) is 14.5. The maximum atomic E-state index is 14.2. The van der Waals surface area contributed by atoms with Crippen molar-refractivity contribution in [3.05, 3.63) is 94.8 Å². The lowest BCUT2D eigenvalue weighted by Crippen LogP contribution is -2.60. The zero-order valence-electron chi connectivity index (χ0n) is 22.2. The number of fused-ring (bicyclic) bond motifs is 1. The number of rotatable bonds is 8. The van der Waals surface area contributed by atoms with Gasteiger partial charge in [0.15, 0.2) is 11.5 Å². The van der Waals surface area contributed by atoms with Gasteiger partial charge in [-0.1, -0.05) is 79.9 Å². The molecule has 4 aromatic rings. The zero-order valence-corrected chi connectivity index (χ0v) is 23.0. The number of nitrogens with one attached hydrogen (secondary N) is 1. The number of ether oxygens (including phenoxy) is 2. The molecule has 1 aliphatic heterocycles. The molecule has 0 bridgehead atoms. The number of hydrogen-bond donors (Lipinski definition) is 1. The molecule has 1 fully saturated rings. The van der Waals surface area contributed by atoms with Gasteiger partial charge in [0.2, 0.25) is 18.6 Å². The molecule has 6 rings (SSSR count). The van der Waals surface area contributed by atoms with Crippen LogP contribution in [-0.2, 0) is 22.6 Å². The topological polar surface area (TPSA) is 80.8 Å². The van der Waals surface area contributed by atoms with Gasteiger partial charge in [0.05, 0.1) is 18.7 Å². The molecule has 0 unspecified atom stereocenters. The molecule has 2 heterocycles. The number of hydrogen-bond acceptors (Lipinski definition) is 6. The molecule has 0 saturated heterocycles. The number of aromatic nitrogens is 1. The van der Waals surface area contributed by atoms with Crippen molar-refractivity contribution in [3.63, 3.8) is 0 Å². The van der Waals surface area contributed by atoms with Gasteiger partial charge in [0.25, 0.3) is 0 Å². The molecule has 1 aliphatic carbocycles. The molecule has 0 spiro atoms. The van der Waals surface area contributed by atoms with Crippen molar-refractivity contribution >= 4 is 28.8 Å². The third-order valence-corrected chi connectivity index (χ3v) is 8.50. The van der Waals surface area contributed by atoms with Crippen molar-refractivity contribution in [1.29, 1.82) is 0 Å². The van der Waals surface area contributed by atoms with Crippen LogP contribution in [-0.4, -0.2) is 34.0 Å². The summed E-state index contributed by atoms with van der Waals surface area (Å²) >= 11 is 1.52. The van der Waals surface area contributed by atoms with Crippen LogP contribution in [0.2, 0.25) is 0 Å². The average molecular weight is 554 g/mol. The maximum Gasteiger partial charge on any atom is 0.250 e. The molecule has 0 atom stereocenters. The van der Waals surface area contributed by atoms with Gasteiger partial charge >= 0.3 is 0 Å². The first kappa shape index (κ1) is 26.1. The summed E-state index contributed by atoms with van der Waals surface area (Å²) in [6, 6.07) is 25.1. The van der Waals surface area contributed by atoms with Gasteiger partial charge in [0.1, 0.15) is 10.5 Å². The second kappa shape index (κ2) is 11.5. The Kier molecular flexibility index (Phi) is 7.51. The molecule has 2 aliphatic rings. The van der Waals surface area contributed by atoms with E-state index in [1.165, 1.54) is 11.3 Å². The van der Waals surface area contributed by atoms with E-state index in [1.807, 2.05) is 72.1 Å². The van der Waals surface area contributed by atoms with Crippen LogP contribution >= 0.6 is 11.3 Å². The smallest absolute Gasteiger partial charge is 0.250 e. The molecule has 204 valence electrons. The Balaban J connectivity index is 1.33. The minimum Gasteiger partial charge on any atom is -0.454 e. The van der Waals surface area contributed by atoms with Crippen LogP contribution in [0.5, 0.6) is 11.5 Å². The molecular formula is C32H31N3O4S. The Morgan fingerprint density at radius 3 is 2.40 bits per heavy atom. The summed E-state index contributed by atoms with van der Waals surface area (Å²) in [5.74, 6) is 1.00. The Hall–Kier alpha value is -4.17. The van der Waals surface area contributed by atoms with Crippen molar-refractivity contribution in [2.75, 3.05) is 12.1 Å². The van der Waals surface area contributed by atoms with Crippen LogP contribution < -0.4 is 14.8 Å². The molecule has 1 saturated carbocycles. The van der Waals surface area contributed by atoms with Crippen LogP contribution in [0.4, 0.5) is 5.69 Å². The Morgan fingerprint density at radius 2 is 1.62 bits per heavy atom. The van der Waals surface area contributed by atoms with E-state index >= 15 is 0 Å². The summed E-state index contributed by atoms with van der Waals surface area (Å²) in [6.07, 6.45) is 4.20. The molecule has 0 radical (unpaired) electrons. The van der Waals surface area contributed by atoms with Gasteiger partial charge in [0, 0.05) is 22.7 Å². The Labute approximate surface area is 237 Å².